The lowest BCUT2D eigenvalue weighted by Gasteiger charge is -2.68. The van der Waals surface area contributed by atoms with Crippen molar-refractivity contribution in [3.05, 3.63) is 33.5 Å². The Balaban J connectivity index is 1.63. The highest BCUT2D eigenvalue weighted by atomic mass is 32.1. The van der Waals surface area contributed by atoms with Crippen molar-refractivity contribution in [3.63, 3.8) is 0 Å². The molecule has 3 fully saturated rings. The molecule has 0 aromatic carbocycles. The van der Waals surface area contributed by atoms with Gasteiger partial charge < -0.3 is 50.2 Å². The number of fused-ring (bicyclic) bond motifs is 5. The molecule has 1 aliphatic heterocycles. The van der Waals surface area contributed by atoms with Crippen molar-refractivity contribution in [1.82, 2.24) is 5.32 Å². The number of thiophene rings is 1. The molecule has 1 aromatic heterocycles. The van der Waals surface area contributed by atoms with E-state index in [0.29, 0.717) is 4.88 Å². The summed E-state index contributed by atoms with van der Waals surface area (Å²) in [6, 6.07) is 2.20. The Morgan fingerprint density at radius 1 is 1.11 bits per heavy atom. The van der Waals surface area contributed by atoms with Crippen molar-refractivity contribution < 1.29 is 59.2 Å². The molecule has 2 bridgehead atoms. The predicted molar refractivity (Wildman–Crippen MR) is 157 cm³/mol. The third kappa shape index (κ3) is 4.96. The van der Waals surface area contributed by atoms with Crippen molar-refractivity contribution in [1.29, 1.82) is 0 Å². The Bertz CT molecular complexity index is 1380. The monoisotopic (exact) mass is 653 g/mol. The summed E-state index contributed by atoms with van der Waals surface area (Å²) in [5, 5.41) is 75.2. The molecule has 250 valence electrons. The number of nitrogens with one attached hydrogen (secondary N) is 1. The Morgan fingerprint density at radius 2 is 1.78 bits per heavy atom. The van der Waals surface area contributed by atoms with Crippen molar-refractivity contribution in [3.8, 4) is 0 Å². The number of amides is 1. The molecule has 4 aliphatic rings. The van der Waals surface area contributed by atoms with Crippen LogP contribution in [0.1, 0.15) is 65.3 Å². The second kappa shape index (κ2) is 11.4. The molecular weight excluding hydrogens is 610 g/mol. The standard InChI is InChI=1S/C31H43NO12S/c1-13-16(44-27(39)23(37)21(32-14(2)33)17-8-7-9-45-17)11-31(41)26(43-15(3)34)24-29(6,18(35)10-19-30(24,40)12-42-19)25(38)22(36)20(13)28(31,4)5/h7-9,16,18-19,21-26,35-38,40-41H,10-12H2,1-6H3,(H,32,33)/t16?,18-,19+,21-,22+,23+,24-,25+,26-,29+,30-,31+/m0/s1. The predicted octanol–water partition coefficient (Wildman–Crippen LogP) is -0.140. The van der Waals surface area contributed by atoms with Gasteiger partial charge in [-0.2, -0.15) is 0 Å². The summed E-state index contributed by atoms with van der Waals surface area (Å²) < 4.78 is 17.2. The van der Waals surface area contributed by atoms with Crippen molar-refractivity contribution in [2.24, 2.45) is 16.7 Å². The van der Waals surface area contributed by atoms with Crippen molar-refractivity contribution >= 4 is 29.2 Å². The van der Waals surface area contributed by atoms with Gasteiger partial charge in [-0.3, -0.25) is 9.59 Å². The van der Waals surface area contributed by atoms with Gasteiger partial charge in [0.2, 0.25) is 5.91 Å². The first kappa shape index (κ1) is 33.9. The second-order valence-corrected chi connectivity index (χ2v) is 14.7. The van der Waals surface area contributed by atoms with E-state index >= 15 is 0 Å². The molecule has 7 N–H and O–H groups in total. The quantitative estimate of drug-likeness (QED) is 0.158. The van der Waals surface area contributed by atoms with Crippen molar-refractivity contribution in [2.75, 3.05) is 6.61 Å². The number of aliphatic hydroxyl groups excluding tert-OH is 4. The number of carbonyl (C=O) groups is 3. The number of esters is 2. The van der Waals surface area contributed by atoms with Crippen LogP contribution in [0.25, 0.3) is 0 Å². The van der Waals surface area contributed by atoms with Crippen LogP contribution >= 0.6 is 11.3 Å². The number of hydrogen-bond donors (Lipinski definition) is 7. The zero-order valence-corrected chi connectivity index (χ0v) is 26.9. The average molecular weight is 654 g/mol. The van der Waals surface area contributed by atoms with E-state index in [1.165, 1.54) is 25.2 Å². The summed E-state index contributed by atoms with van der Waals surface area (Å²) in [7, 11) is 0. The summed E-state index contributed by atoms with van der Waals surface area (Å²) >= 11 is 1.21. The molecule has 0 spiro atoms. The van der Waals surface area contributed by atoms with Gasteiger partial charge in [0, 0.05) is 48.3 Å². The van der Waals surface area contributed by atoms with Crippen LogP contribution in [0.4, 0.5) is 0 Å². The minimum absolute atomic E-state index is 0.0717. The summed E-state index contributed by atoms with van der Waals surface area (Å²) in [5.74, 6) is -3.78. The molecule has 0 radical (unpaired) electrons. The molecule has 1 aromatic rings. The molecule has 12 atom stereocenters. The highest BCUT2D eigenvalue weighted by Crippen LogP contribution is 2.64. The van der Waals surface area contributed by atoms with Gasteiger partial charge in [-0.1, -0.05) is 26.8 Å². The second-order valence-electron chi connectivity index (χ2n) is 13.7. The van der Waals surface area contributed by atoms with Gasteiger partial charge in [-0.05, 0) is 29.5 Å². The number of carbonyl (C=O) groups excluding carboxylic acids is 3. The first-order chi connectivity index (χ1) is 20.8. The molecule has 1 saturated heterocycles. The number of rotatable bonds is 6. The Hall–Kier alpha value is -2.43. The van der Waals surface area contributed by atoms with E-state index in [1.54, 1.807) is 38.3 Å². The highest BCUT2D eigenvalue weighted by Gasteiger charge is 2.76. The van der Waals surface area contributed by atoms with E-state index in [-0.39, 0.29) is 24.2 Å². The Kier molecular flexibility index (Phi) is 8.57. The maximum Gasteiger partial charge on any atom is 0.338 e. The lowest BCUT2D eigenvalue weighted by molar-refractivity contribution is -0.365. The normalized spacial score (nSPS) is 41.6. The minimum Gasteiger partial charge on any atom is -0.459 e. The maximum atomic E-state index is 13.5. The molecule has 1 unspecified atom stereocenters. The van der Waals surface area contributed by atoms with E-state index in [2.05, 4.69) is 5.32 Å². The van der Waals surface area contributed by atoms with Crippen LogP contribution in [-0.4, -0.2) is 109 Å². The van der Waals surface area contributed by atoms with E-state index < -0.39 is 101 Å². The molecule has 1 amide bonds. The number of hydrogen-bond acceptors (Lipinski definition) is 13. The van der Waals surface area contributed by atoms with Crippen LogP contribution in [-0.2, 0) is 28.6 Å². The van der Waals surface area contributed by atoms with E-state index in [0.717, 1.165) is 6.92 Å². The minimum atomic E-state index is -2.16. The lowest BCUT2D eigenvalue weighted by Crippen LogP contribution is -2.81. The average Bonchev–Trinajstić information content (AvgIpc) is 3.48. The van der Waals surface area contributed by atoms with Crippen LogP contribution in [0.2, 0.25) is 0 Å². The third-order valence-electron chi connectivity index (χ3n) is 10.9. The van der Waals surface area contributed by atoms with Gasteiger partial charge in [0.15, 0.2) is 6.10 Å². The summed E-state index contributed by atoms with van der Waals surface area (Å²) in [5.41, 5.74) is -6.69. The summed E-state index contributed by atoms with van der Waals surface area (Å²) in [6.07, 6.45) is -10.9. The molecule has 5 rings (SSSR count). The van der Waals surface area contributed by atoms with Crippen LogP contribution in [0.5, 0.6) is 0 Å². The first-order valence-electron chi connectivity index (χ1n) is 15.0. The van der Waals surface area contributed by atoms with Gasteiger partial charge in [0.05, 0.1) is 24.9 Å². The van der Waals surface area contributed by atoms with E-state index in [1.807, 2.05) is 0 Å². The molecular formula is C31H43NO12S. The van der Waals surface area contributed by atoms with Crippen molar-refractivity contribution in [2.45, 2.75) is 114 Å². The van der Waals surface area contributed by atoms with Gasteiger partial charge in [0.25, 0.3) is 0 Å². The van der Waals surface area contributed by atoms with Gasteiger partial charge >= 0.3 is 11.9 Å². The Labute approximate surface area is 264 Å². The largest absolute Gasteiger partial charge is 0.459 e. The van der Waals surface area contributed by atoms with E-state index in [4.69, 9.17) is 14.2 Å². The topological polar surface area (TPSA) is 212 Å². The fourth-order valence-corrected chi connectivity index (χ4v) is 9.16. The molecule has 45 heavy (non-hydrogen) atoms. The van der Waals surface area contributed by atoms with Gasteiger partial charge in [0.1, 0.15) is 35.6 Å². The van der Waals surface area contributed by atoms with Crippen LogP contribution in [0.3, 0.4) is 0 Å². The summed E-state index contributed by atoms with van der Waals surface area (Å²) in [6.45, 7) is 8.36. The van der Waals surface area contributed by atoms with Gasteiger partial charge in [-0.15, -0.1) is 11.3 Å². The SMILES string of the molecule is CC(=O)N[C@@H](c1cccs1)[C@@H](O)C(=O)OC1C[C@@]2(O)[C@@H](OC(C)=O)[C@@H]3[C@]4(O)CO[C@@H]4C[C@H](O)[C@@]3(C)[C@H](O)[C@H](O)C(=C1C)C2(C)C. The lowest BCUT2D eigenvalue weighted by atomic mass is 9.44. The summed E-state index contributed by atoms with van der Waals surface area (Å²) in [4.78, 5) is 38.5. The van der Waals surface area contributed by atoms with Gasteiger partial charge in [-0.25, -0.2) is 4.79 Å². The molecule has 3 aliphatic carbocycles. The van der Waals surface area contributed by atoms with Crippen LogP contribution < -0.4 is 5.32 Å². The smallest absolute Gasteiger partial charge is 0.338 e. The zero-order valence-electron chi connectivity index (χ0n) is 26.1. The fraction of sp³-hybridized carbons (Fsp3) is 0.710. The molecule has 14 heteroatoms. The fourth-order valence-electron chi connectivity index (χ4n) is 8.36. The van der Waals surface area contributed by atoms with Crippen LogP contribution in [0, 0.1) is 16.7 Å². The number of aliphatic hydroxyl groups is 6. The molecule has 13 nitrogen and oxygen atoms in total. The maximum absolute atomic E-state index is 13.5. The van der Waals surface area contributed by atoms with E-state index in [9.17, 15) is 45.0 Å². The zero-order chi connectivity index (χ0) is 33.4. The third-order valence-corrected chi connectivity index (χ3v) is 11.9. The highest BCUT2D eigenvalue weighted by molar-refractivity contribution is 7.10. The molecule has 2 saturated carbocycles. The number of ether oxygens (including phenoxy) is 3. The van der Waals surface area contributed by atoms with Crippen LogP contribution in [0.15, 0.2) is 28.7 Å². The first-order valence-corrected chi connectivity index (χ1v) is 15.9. The Morgan fingerprint density at radius 3 is 2.31 bits per heavy atom. The molecule has 2 heterocycles.